The summed E-state index contributed by atoms with van der Waals surface area (Å²) >= 11 is 0. The number of hydrogen-bond acceptors (Lipinski definition) is 5. The maximum absolute atomic E-state index is 5.38. The Balaban J connectivity index is 0.00000364. The third-order valence-electron chi connectivity index (χ3n) is 4.35. The summed E-state index contributed by atoms with van der Waals surface area (Å²) in [5.41, 5.74) is 1.12. The van der Waals surface area contributed by atoms with Gasteiger partial charge in [-0.25, -0.2) is 0 Å². The van der Waals surface area contributed by atoms with Crippen LogP contribution < -0.4 is 25.0 Å². The van der Waals surface area contributed by atoms with Crippen molar-refractivity contribution in [3.63, 3.8) is 0 Å². The van der Waals surface area contributed by atoms with E-state index in [-0.39, 0.29) is 24.0 Å². The second-order valence-electron chi connectivity index (χ2n) is 6.25. The summed E-state index contributed by atoms with van der Waals surface area (Å²) in [7, 11) is 5.07. The second kappa shape index (κ2) is 12.9. The van der Waals surface area contributed by atoms with Crippen molar-refractivity contribution in [2.24, 2.45) is 4.99 Å². The minimum Gasteiger partial charge on any atom is -0.497 e. The molecule has 0 aromatic heterocycles. The first-order valence-electron chi connectivity index (χ1n) is 9.22. The Kier molecular flexibility index (Phi) is 11.3. The van der Waals surface area contributed by atoms with Crippen LogP contribution in [0, 0.1) is 0 Å². The average Bonchev–Trinajstić information content (AvgIpc) is 3.13. The number of hydrogen-bond donors (Lipinski definition) is 2. The molecule has 2 rings (SSSR count). The Morgan fingerprint density at radius 2 is 1.89 bits per heavy atom. The highest BCUT2D eigenvalue weighted by Crippen LogP contribution is 2.30. The van der Waals surface area contributed by atoms with Gasteiger partial charge in [-0.15, -0.1) is 24.0 Å². The zero-order chi connectivity index (χ0) is 18.8. The van der Waals surface area contributed by atoms with Crippen LogP contribution in [0.25, 0.3) is 0 Å². The first-order valence-corrected chi connectivity index (χ1v) is 9.22. The summed E-state index contributed by atoms with van der Waals surface area (Å²) < 4.78 is 15.8. The molecule has 2 N–H and O–H groups in total. The van der Waals surface area contributed by atoms with E-state index in [1.54, 1.807) is 21.3 Å². The van der Waals surface area contributed by atoms with E-state index in [1.165, 1.54) is 0 Å². The topological polar surface area (TPSA) is 67.4 Å². The highest BCUT2D eigenvalue weighted by Gasteiger charge is 2.24. The van der Waals surface area contributed by atoms with Crippen molar-refractivity contribution in [3.05, 3.63) is 18.2 Å². The van der Waals surface area contributed by atoms with Crippen LogP contribution in [0.1, 0.15) is 19.8 Å². The Morgan fingerprint density at radius 1 is 1.19 bits per heavy atom. The molecule has 7 nitrogen and oxygen atoms in total. The third kappa shape index (κ3) is 7.61. The van der Waals surface area contributed by atoms with Gasteiger partial charge in [-0.05, 0) is 19.8 Å². The molecule has 1 aromatic rings. The van der Waals surface area contributed by atoms with E-state index in [9.17, 15) is 0 Å². The third-order valence-corrected chi connectivity index (χ3v) is 4.35. The fraction of sp³-hybridized carbons (Fsp3) is 0.632. The van der Waals surface area contributed by atoms with Crippen LogP contribution >= 0.6 is 24.0 Å². The maximum atomic E-state index is 5.38. The van der Waals surface area contributed by atoms with Gasteiger partial charge in [-0.1, -0.05) is 0 Å². The molecule has 0 aliphatic carbocycles. The SMILES string of the molecule is CCNC(=NCCCOC)NC1CCN(c2cc(OC)cc(OC)c2)C1.I. The number of methoxy groups -OCH3 is 3. The van der Waals surface area contributed by atoms with Gasteiger partial charge in [0.1, 0.15) is 11.5 Å². The minimum absolute atomic E-state index is 0. The molecular weight excluding hydrogens is 459 g/mol. The highest BCUT2D eigenvalue weighted by atomic mass is 127. The molecule has 27 heavy (non-hydrogen) atoms. The predicted molar refractivity (Wildman–Crippen MR) is 121 cm³/mol. The summed E-state index contributed by atoms with van der Waals surface area (Å²) in [6.45, 7) is 6.32. The van der Waals surface area contributed by atoms with Crippen molar-refractivity contribution in [1.82, 2.24) is 10.6 Å². The molecule has 1 saturated heterocycles. The molecule has 0 spiro atoms. The largest absolute Gasteiger partial charge is 0.497 e. The second-order valence-corrected chi connectivity index (χ2v) is 6.25. The van der Waals surface area contributed by atoms with Crippen LogP contribution in [0.15, 0.2) is 23.2 Å². The molecule has 0 amide bonds. The van der Waals surface area contributed by atoms with Crippen molar-refractivity contribution >= 4 is 35.6 Å². The summed E-state index contributed by atoms with van der Waals surface area (Å²) in [6, 6.07) is 6.35. The van der Waals surface area contributed by atoms with E-state index in [0.717, 1.165) is 68.8 Å². The van der Waals surface area contributed by atoms with Gasteiger partial charge in [0, 0.05) is 69.8 Å². The number of rotatable bonds is 9. The molecule has 154 valence electrons. The van der Waals surface area contributed by atoms with Gasteiger partial charge in [0.25, 0.3) is 0 Å². The van der Waals surface area contributed by atoms with Crippen molar-refractivity contribution in [3.8, 4) is 11.5 Å². The lowest BCUT2D eigenvalue weighted by atomic mass is 10.2. The summed E-state index contributed by atoms with van der Waals surface area (Å²) in [4.78, 5) is 6.97. The smallest absolute Gasteiger partial charge is 0.191 e. The molecule has 1 heterocycles. The van der Waals surface area contributed by atoms with Crippen molar-refractivity contribution in [2.75, 3.05) is 59.0 Å². The molecule has 1 fully saturated rings. The van der Waals surface area contributed by atoms with Crippen LogP contribution in [-0.2, 0) is 4.74 Å². The van der Waals surface area contributed by atoms with E-state index in [2.05, 4.69) is 39.6 Å². The minimum atomic E-state index is 0. The normalized spacial score (nSPS) is 16.7. The summed E-state index contributed by atoms with van der Waals surface area (Å²) in [6.07, 6.45) is 1.98. The standard InChI is InChI=1S/C19H32N4O3.HI/c1-5-20-19(21-8-6-10-24-2)22-15-7-9-23(14-15)16-11-17(25-3)13-18(12-16)26-4;/h11-13,15H,5-10,14H2,1-4H3,(H2,20,21,22);1H. The average molecular weight is 492 g/mol. The van der Waals surface area contributed by atoms with Gasteiger partial charge >= 0.3 is 0 Å². The lowest BCUT2D eigenvalue weighted by molar-refractivity contribution is 0.197. The summed E-state index contributed by atoms with van der Waals surface area (Å²) in [5, 5.41) is 6.86. The Hall–Kier alpha value is -1.42. The number of guanidine groups is 1. The number of aliphatic imine (C=N–C) groups is 1. The van der Waals surface area contributed by atoms with E-state index < -0.39 is 0 Å². The van der Waals surface area contributed by atoms with Crippen molar-refractivity contribution in [1.29, 1.82) is 0 Å². The van der Waals surface area contributed by atoms with E-state index in [0.29, 0.717) is 6.04 Å². The first kappa shape index (κ1) is 23.6. The molecule has 1 unspecified atom stereocenters. The Labute approximate surface area is 179 Å². The van der Waals surface area contributed by atoms with Crippen molar-refractivity contribution in [2.45, 2.75) is 25.8 Å². The molecule has 0 radical (unpaired) electrons. The fourth-order valence-corrected chi connectivity index (χ4v) is 3.00. The lowest BCUT2D eigenvalue weighted by Gasteiger charge is -2.21. The number of halogens is 1. The zero-order valence-electron chi connectivity index (χ0n) is 16.8. The van der Waals surface area contributed by atoms with Gasteiger partial charge < -0.3 is 29.7 Å². The molecule has 1 aliphatic rings. The monoisotopic (exact) mass is 492 g/mol. The van der Waals surface area contributed by atoms with E-state index in [4.69, 9.17) is 14.2 Å². The predicted octanol–water partition coefficient (Wildman–Crippen LogP) is 2.49. The highest BCUT2D eigenvalue weighted by molar-refractivity contribution is 14.0. The molecule has 1 atom stereocenters. The van der Waals surface area contributed by atoms with Crippen LogP contribution in [-0.4, -0.2) is 66.1 Å². The van der Waals surface area contributed by atoms with Gasteiger partial charge in [0.2, 0.25) is 0 Å². The molecule has 8 heteroatoms. The number of nitrogens with one attached hydrogen (secondary N) is 2. The van der Waals surface area contributed by atoms with E-state index >= 15 is 0 Å². The number of nitrogens with zero attached hydrogens (tertiary/aromatic N) is 2. The number of anilines is 1. The molecule has 1 aromatic carbocycles. The van der Waals surface area contributed by atoms with Gasteiger partial charge in [-0.2, -0.15) is 0 Å². The van der Waals surface area contributed by atoms with Crippen LogP contribution in [0.5, 0.6) is 11.5 Å². The van der Waals surface area contributed by atoms with Gasteiger partial charge in [0.15, 0.2) is 5.96 Å². The summed E-state index contributed by atoms with van der Waals surface area (Å²) in [5.74, 6) is 2.49. The molecule has 1 aliphatic heterocycles. The van der Waals surface area contributed by atoms with Crippen molar-refractivity contribution < 1.29 is 14.2 Å². The fourth-order valence-electron chi connectivity index (χ4n) is 3.00. The number of benzene rings is 1. The Bertz CT molecular complexity index is 564. The molecule has 0 bridgehead atoms. The lowest BCUT2D eigenvalue weighted by Crippen LogP contribution is -2.44. The Morgan fingerprint density at radius 3 is 2.48 bits per heavy atom. The van der Waals surface area contributed by atoms with Crippen LogP contribution in [0.2, 0.25) is 0 Å². The van der Waals surface area contributed by atoms with Gasteiger partial charge in [-0.3, -0.25) is 4.99 Å². The molecular formula is C19H33IN4O3. The van der Waals surface area contributed by atoms with E-state index in [1.807, 2.05) is 6.07 Å². The van der Waals surface area contributed by atoms with Crippen LogP contribution in [0.3, 0.4) is 0 Å². The molecule has 0 saturated carbocycles. The van der Waals surface area contributed by atoms with Crippen LogP contribution in [0.4, 0.5) is 5.69 Å². The van der Waals surface area contributed by atoms with Gasteiger partial charge in [0.05, 0.1) is 14.2 Å². The first-order chi connectivity index (χ1) is 12.7. The zero-order valence-corrected chi connectivity index (χ0v) is 19.1. The number of ether oxygens (including phenoxy) is 3. The quantitative estimate of drug-likeness (QED) is 0.239. The maximum Gasteiger partial charge on any atom is 0.191 e.